The van der Waals surface area contributed by atoms with Gasteiger partial charge >= 0.3 is 13.1 Å². The summed E-state index contributed by atoms with van der Waals surface area (Å²) < 4.78 is 0. The zero-order valence-corrected chi connectivity index (χ0v) is 13.9. The van der Waals surface area contributed by atoms with E-state index in [2.05, 4.69) is 4.90 Å². The molecule has 5 atom stereocenters. The average molecular weight is 349 g/mol. The zero-order valence-electron chi connectivity index (χ0n) is 13.1. The minimum absolute atomic E-state index is 0.0169. The third-order valence-electron chi connectivity index (χ3n) is 5.58. The van der Waals surface area contributed by atoms with Gasteiger partial charge in [-0.1, -0.05) is 6.42 Å². The Labute approximate surface area is 141 Å². The number of hydrogen-bond acceptors (Lipinski definition) is 6. The minimum atomic E-state index is -1.38. The highest BCUT2D eigenvalue weighted by molar-refractivity contribution is 6.40. The number of carbonyl (C=O) groups is 1. The van der Waals surface area contributed by atoms with Gasteiger partial charge in [-0.2, -0.15) is 0 Å². The molecule has 2 aliphatic rings. The van der Waals surface area contributed by atoms with E-state index in [1.807, 2.05) is 0 Å². The first-order chi connectivity index (χ1) is 10.8. The number of nitrogens with two attached hydrogens (primary N) is 1. The molecule has 132 valence electrons. The fraction of sp³-hybridized carbons (Fsp3) is 0.929. The highest BCUT2D eigenvalue weighted by Crippen LogP contribution is 2.49. The van der Waals surface area contributed by atoms with E-state index in [-0.39, 0.29) is 36.7 Å². The van der Waals surface area contributed by atoms with Crippen molar-refractivity contribution < 1.29 is 25.1 Å². The van der Waals surface area contributed by atoms with Crippen LogP contribution in [-0.4, -0.2) is 75.4 Å². The maximum absolute atomic E-state index is 11.7. The summed E-state index contributed by atoms with van der Waals surface area (Å²) in [5.41, 5.74) is 4.97. The second-order valence-corrected chi connectivity index (χ2v) is 7.24. The normalized spacial score (nSPS) is 35.3. The standard InChI is InChI=1S/C14H26BClN2O5/c16-5-10(8-19)18-6-9-4-14(17,13(20)21)12(11(9)7-18)2-1-3-15(22)23/h9-12,19,22-23H,1-8,17H2,(H,20,21)/t9-,10?,11+,12-,14-/m0/s1. The molecular formula is C14H26BClN2O5. The molecule has 2 rings (SSSR count). The number of alkyl halides is 1. The second kappa shape index (κ2) is 7.67. The van der Waals surface area contributed by atoms with Gasteiger partial charge in [-0.15, -0.1) is 11.6 Å². The van der Waals surface area contributed by atoms with Crippen LogP contribution in [0.2, 0.25) is 6.32 Å². The number of likely N-dealkylation sites (tertiary alicyclic amines) is 1. The largest absolute Gasteiger partial charge is 0.480 e. The van der Waals surface area contributed by atoms with Gasteiger partial charge in [-0.05, 0) is 36.9 Å². The SMILES string of the molecule is N[C@@]1(C(=O)O)C[C@H]2CN(C(CO)CCl)C[C@H]2[C@@H]1CCCB(O)O. The molecule has 2 fully saturated rings. The predicted molar refractivity (Wildman–Crippen MR) is 87.0 cm³/mol. The lowest BCUT2D eigenvalue weighted by Gasteiger charge is -2.33. The summed E-state index contributed by atoms with van der Waals surface area (Å²) in [5.74, 6) is -0.529. The van der Waals surface area contributed by atoms with Gasteiger partial charge in [0.1, 0.15) is 5.54 Å². The zero-order chi connectivity index (χ0) is 17.2. The number of nitrogens with zero attached hydrogens (tertiary/aromatic N) is 1. The molecular weight excluding hydrogens is 322 g/mol. The molecule has 7 nitrogen and oxygen atoms in total. The van der Waals surface area contributed by atoms with Crippen LogP contribution in [0.1, 0.15) is 19.3 Å². The number of aliphatic hydroxyl groups excluding tert-OH is 1. The Morgan fingerprint density at radius 1 is 1.43 bits per heavy atom. The van der Waals surface area contributed by atoms with Gasteiger partial charge in [0.05, 0.1) is 6.61 Å². The number of aliphatic hydroxyl groups is 1. The van der Waals surface area contributed by atoms with Crippen LogP contribution in [0.5, 0.6) is 0 Å². The molecule has 0 spiro atoms. The van der Waals surface area contributed by atoms with Crippen molar-refractivity contribution in [2.45, 2.75) is 37.2 Å². The van der Waals surface area contributed by atoms with Crippen LogP contribution in [-0.2, 0) is 4.79 Å². The predicted octanol–water partition coefficient (Wildman–Crippen LogP) is -0.811. The molecule has 0 aromatic rings. The summed E-state index contributed by atoms with van der Waals surface area (Å²) in [7, 11) is -1.38. The number of carboxylic acids is 1. The Kier molecular flexibility index (Phi) is 6.32. The van der Waals surface area contributed by atoms with Crippen LogP contribution in [0.4, 0.5) is 0 Å². The first-order valence-corrected chi connectivity index (χ1v) is 8.66. The first-order valence-electron chi connectivity index (χ1n) is 8.12. The monoisotopic (exact) mass is 348 g/mol. The molecule has 0 aromatic heterocycles. The lowest BCUT2D eigenvalue weighted by molar-refractivity contribution is -0.145. The van der Waals surface area contributed by atoms with E-state index < -0.39 is 18.6 Å². The number of halogens is 1. The number of hydrogen-bond donors (Lipinski definition) is 5. The van der Waals surface area contributed by atoms with E-state index in [0.29, 0.717) is 38.2 Å². The van der Waals surface area contributed by atoms with Crippen LogP contribution < -0.4 is 5.73 Å². The molecule has 1 aliphatic carbocycles. The molecule has 1 heterocycles. The number of rotatable bonds is 8. The quantitative estimate of drug-likeness (QED) is 0.287. The van der Waals surface area contributed by atoms with Gasteiger partial charge in [-0.25, -0.2) is 0 Å². The highest BCUT2D eigenvalue weighted by Gasteiger charge is 2.58. The third-order valence-corrected chi connectivity index (χ3v) is 5.94. The Bertz CT molecular complexity index is 426. The summed E-state index contributed by atoms with van der Waals surface area (Å²) in [6.45, 7) is 1.37. The molecule has 1 aliphatic heterocycles. The number of fused-ring (bicyclic) bond motifs is 1. The van der Waals surface area contributed by atoms with E-state index >= 15 is 0 Å². The van der Waals surface area contributed by atoms with Crippen molar-refractivity contribution in [3.63, 3.8) is 0 Å². The van der Waals surface area contributed by atoms with Crippen molar-refractivity contribution in [1.82, 2.24) is 4.90 Å². The summed E-state index contributed by atoms with van der Waals surface area (Å²) in [5, 5.41) is 37.0. The molecule has 0 radical (unpaired) electrons. The average Bonchev–Trinajstić information content (AvgIpc) is 2.97. The fourth-order valence-electron chi connectivity index (χ4n) is 4.37. The lowest BCUT2D eigenvalue weighted by Crippen LogP contribution is -2.53. The second-order valence-electron chi connectivity index (χ2n) is 6.94. The van der Waals surface area contributed by atoms with Crippen LogP contribution in [0.25, 0.3) is 0 Å². The van der Waals surface area contributed by atoms with E-state index in [9.17, 15) is 15.0 Å². The van der Waals surface area contributed by atoms with Crippen molar-refractivity contribution in [2.75, 3.05) is 25.6 Å². The molecule has 6 N–H and O–H groups in total. The third kappa shape index (κ3) is 3.83. The summed E-state index contributed by atoms with van der Waals surface area (Å²) >= 11 is 5.89. The Balaban J connectivity index is 2.09. The van der Waals surface area contributed by atoms with E-state index in [0.717, 1.165) is 0 Å². The van der Waals surface area contributed by atoms with Gasteiger partial charge in [0.2, 0.25) is 0 Å². The van der Waals surface area contributed by atoms with Crippen LogP contribution in [0, 0.1) is 17.8 Å². The van der Waals surface area contributed by atoms with Gasteiger partial charge < -0.3 is 26.0 Å². The van der Waals surface area contributed by atoms with Crippen molar-refractivity contribution in [3.8, 4) is 0 Å². The van der Waals surface area contributed by atoms with E-state index in [1.165, 1.54) is 0 Å². The van der Waals surface area contributed by atoms with Crippen LogP contribution >= 0.6 is 11.6 Å². The Morgan fingerprint density at radius 3 is 2.65 bits per heavy atom. The molecule has 0 aromatic carbocycles. The van der Waals surface area contributed by atoms with Crippen LogP contribution in [0.15, 0.2) is 0 Å². The van der Waals surface area contributed by atoms with Crippen molar-refractivity contribution in [3.05, 3.63) is 0 Å². The van der Waals surface area contributed by atoms with Gasteiger partial charge in [0.15, 0.2) is 0 Å². The molecule has 0 amide bonds. The molecule has 9 heteroatoms. The Hall–Kier alpha value is -0.375. The summed E-state index contributed by atoms with van der Waals surface area (Å²) in [6.07, 6.45) is 1.71. The molecule has 0 bridgehead atoms. The number of aliphatic carboxylic acids is 1. The topological polar surface area (TPSA) is 127 Å². The highest BCUT2D eigenvalue weighted by atomic mass is 35.5. The molecule has 1 saturated carbocycles. The molecule has 23 heavy (non-hydrogen) atoms. The fourth-order valence-corrected chi connectivity index (χ4v) is 4.66. The van der Waals surface area contributed by atoms with Gasteiger partial charge in [-0.3, -0.25) is 9.69 Å². The Morgan fingerprint density at radius 2 is 2.13 bits per heavy atom. The molecule has 1 unspecified atom stereocenters. The van der Waals surface area contributed by atoms with Crippen LogP contribution in [0.3, 0.4) is 0 Å². The minimum Gasteiger partial charge on any atom is -0.480 e. The lowest BCUT2D eigenvalue weighted by atomic mass is 9.76. The smallest absolute Gasteiger partial charge is 0.451 e. The van der Waals surface area contributed by atoms with E-state index in [1.54, 1.807) is 0 Å². The summed E-state index contributed by atoms with van der Waals surface area (Å²) in [4.78, 5) is 13.8. The number of carboxylic acid groups (broad SMARTS) is 1. The maximum Gasteiger partial charge on any atom is 0.451 e. The van der Waals surface area contributed by atoms with Gasteiger partial charge in [0, 0.05) is 25.0 Å². The van der Waals surface area contributed by atoms with Crippen molar-refractivity contribution in [1.29, 1.82) is 0 Å². The molecule has 1 saturated heterocycles. The van der Waals surface area contributed by atoms with Crippen molar-refractivity contribution >= 4 is 24.7 Å². The first kappa shape index (κ1) is 19.0. The van der Waals surface area contributed by atoms with Crippen molar-refractivity contribution in [2.24, 2.45) is 23.5 Å². The van der Waals surface area contributed by atoms with Gasteiger partial charge in [0.25, 0.3) is 0 Å². The maximum atomic E-state index is 11.7. The van der Waals surface area contributed by atoms with E-state index in [4.69, 9.17) is 27.4 Å². The summed E-state index contributed by atoms with van der Waals surface area (Å²) in [6, 6.07) is -0.112.